The van der Waals surface area contributed by atoms with Gasteiger partial charge >= 0.3 is 6.09 Å². The van der Waals surface area contributed by atoms with Gasteiger partial charge in [0.2, 0.25) is 21.8 Å². The van der Waals surface area contributed by atoms with Crippen LogP contribution in [0.5, 0.6) is 0 Å². The third-order valence-electron chi connectivity index (χ3n) is 11.5. The summed E-state index contributed by atoms with van der Waals surface area (Å²) in [5.41, 5.74) is 1.42. The first-order chi connectivity index (χ1) is 26.1. The molecule has 2 aromatic rings. The molecule has 3 N–H and O–H groups in total. The van der Waals surface area contributed by atoms with Gasteiger partial charge in [0.15, 0.2) is 0 Å². The Hall–Kier alpha value is -4.08. The van der Waals surface area contributed by atoms with Crippen LogP contribution in [0.4, 0.5) is 16.2 Å². The number of benzene rings is 2. The minimum absolute atomic E-state index is 0.0108. The van der Waals surface area contributed by atoms with Gasteiger partial charge in [-0.3, -0.25) is 24.0 Å². The van der Waals surface area contributed by atoms with Gasteiger partial charge < -0.3 is 29.9 Å². The molecule has 3 aliphatic heterocycles. The zero-order valence-corrected chi connectivity index (χ0v) is 33.4. The Kier molecular flexibility index (Phi) is 10.8. The van der Waals surface area contributed by atoms with Crippen LogP contribution >= 0.6 is 11.6 Å². The van der Waals surface area contributed by atoms with Crippen molar-refractivity contribution in [2.24, 2.45) is 11.3 Å². The van der Waals surface area contributed by atoms with Crippen LogP contribution in [0.3, 0.4) is 0 Å². The molecule has 2 aromatic carbocycles. The van der Waals surface area contributed by atoms with Crippen molar-refractivity contribution in [2.75, 3.05) is 43.1 Å². The van der Waals surface area contributed by atoms with E-state index in [1.54, 1.807) is 6.07 Å². The molecule has 16 heteroatoms. The van der Waals surface area contributed by atoms with Gasteiger partial charge in [0.05, 0.1) is 31.6 Å². The zero-order valence-electron chi connectivity index (χ0n) is 31.8. The van der Waals surface area contributed by atoms with E-state index in [1.807, 2.05) is 64.1 Å². The van der Waals surface area contributed by atoms with Crippen LogP contribution in [0.1, 0.15) is 70.9 Å². The van der Waals surface area contributed by atoms with Gasteiger partial charge in [0.1, 0.15) is 23.7 Å². The van der Waals surface area contributed by atoms with Gasteiger partial charge in [0.25, 0.3) is 5.91 Å². The van der Waals surface area contributed by atoms with E-state index in [4.69, 9.17) is 21.1 Å². The van der Waals surface area contributed by atoms with E-state index < -0.39 is 62.3 Å². The van der Waals surface area contributed by atoms with Crippen molar-refractivity contribution < 1.29 is 37.1 Å². The van der Waals surface area contributed by atoms with Gasteiger partial charge in [0, 0.05) is 42.5 Å². The fraction of sp³-hybridized carbons (Fsp3) is 0.590. The van der Waals surface area contributed by atoms with Gasteiger partial charge in [-0.05, 0) is 66.0 Å². The Bertz CT molecular complexity index is 1950. The first-order valence-electron chi connectivity index (χ1n) is 19.2. The number of carbonyl (C=O) groups is 4. The second kappa shape index (κ2) is 15.1. The Morgan fingerprint density at radius 1 is 1.05 bits per heavy atom. The summed E-state index contributed by atoms with van der Waals surface area (Å²) in [5.74, 6) is -2.03. The summed E-state index contributed by atoms with van der Waals surface area (Å²) >= 11 is 6.40. The normalized spacial score (nSPS) is 25.5. The second-order valence-electron chi connectivity index (χ2n) is 16.5. The highest BCUT2D eigenvalue weighted by Gasteiger charge is 2.62. The molecule has 1 unspecified atom stereocenters. The van der Waals surface area contributed by atoms with E-state index in [1.165, 1.54) is 9.80 Å². The van der Waals surface area contributed by atoms with E-state index >= 15 is 0 Å². The molecule has 2 saturated carbocycles. The smallest absolute Gasteiger partial charge is 0.410 e. The lowest BCUT2D eigenvalue weighted by molar-refractivity contribution is -0.141. The first-order valence-corrected chi connectivity index (χ1v) is 21.1. The summed E-state index contributed by atoms with van der Waals surface area (Å²) in [6.45, 7) is 10.9. The van der Waals surface area contributed by atoms with Crippen molar-refractivity contribution in [1.29, 1.82) is 0 Å². The summed E-state index contributed by atoms with van der Waals surface area (Å²) in [7, 11) is -3.86. The number of nitrogens with zero attached hydrogens (tertiary/aromatic N) is 3. The predicted octanol–water partition coefficient (Wildman–Crippen LogP) is 4.02. The summed E-state index contributed by atoms with van der Waals surface area (Å²) in [6.07, 6.45) is 0.327. The van der Waals surface area contributed by atoms with Crippen molar-refractivity contribution >= 4 is 56.8 Å². The molecule has 14 nitrogen and oxygen atoms in total. The molecule has 5 atom stereocenters. The number of nitrogens with one attached hydrogen (secondary N) is 3. The predicted molar refractivity (Wildman–Crippen MR) is 207 cm³/mol. The topological polar surface area (TPSA) is 167 Å². The number of fused-ring (bicyclic) bond motifs is 1. The van der Waals surface area contributed by atoms with Crippen LogP contribution < -0.4 is 20.3 Å². The summed E-state index contributed by atoms with van der Waals surface area (Å²) in [6, 6.07) is 11.4. The maximum absolute atomic E-state index is 14.8. The number of anilines is 2. The molecule has 298 valence electrons. The highest BCUT2D eigenvalue weighted by molar-refractivity contribution is 7.91. The SMILES string of the molecule is CC[C@@H]1C[C@]1(NC(=O)[C@@H]1C[C@@H](OC(=O)N2Cc3cccc(Cl)c3C2)CN1C(=O)C(Nc1cccc(N2CCOCC2)c1)C(C)(C)C)C(=O)NS(=O)(=O)C1CC1. The molecule has 0 bridgehead atoms. The number of halogens is 1. The number of amides is 4. The average Bonchev–Trinajstić information content (AvgIpc) is 4.04. The zero-order chi connectivity index (χ0) is 39.3. The molecular weight excluding hydrogens is 748 g/mol. The maximum atomic E-state index is 14.8. The van der Waals surface area contributed by atoms with Crippen molar-refractivity contribution in [1.82, 2.24) is 19.8 Å². The van der Waals surface area contributed by atoms with E-state index in [-0.39, 0.29) is 37.8 Å². The molecule has 2 saturated heterocycles. The van der Waals surface area contributed by atoms with E-state index in [2.05, 4.69) is 20.3 Å². The van der Waals surface area contributed by atoms with Gasteiger partial charge in [-0.2, -0.15) is 0 Å². The third kappa shape index (κ3) is 8.24. The van der Waals surface area contributed by atoms with Crippen LogP contribution in [0.25, 0.3) is 0 Å². The van der Waals surface area contributed by atoms with Crippen LogP contribution in [0, 0.1) is 11.3 Å². The largest absolute Gasteiger partial charge is 0.444 e. The van der Waals surface area contributed by atoms with E-state index in [0.717, 1.165) is 35.6 Å². The van der Waals surface area contributed by atoms with E-state index in [9.17, 15) is 27.6 Å². The van der Waals surface area contributed by atoms with Gasteiger partial charge in [-0.25, -0.2) is 13.2 Å². The molecule has 0 aromatic heterocycles. The van der Waals surface area contributed by atoms with Crippen LogP contribution in [-0.4, -0.2) is 104 Å². The Morgan fingerprint density at radius 2 is 1.78 bits per heavy atom. The Morgan fingerprint density at radius 3 is 2.44 bits per heavy atom. The van der Waals surface area contributed by atoms with Gasteiger partial charge in [-0.1, -0.05) is 63.9 Å². The monoisotopic (exact) mass is 798 g/mol. The molecule has 0 radical (unpaired) electrons. The standard InChI is InChI=1S/C39H51ClN6O8S/c1-5-25-20-39(25,36(49)43-55(51,52)29-12-13-29)42-34(47)32-19-28(54-37(50)45-21-24-8-6-11-31(40)30(24)23-45)22-46(32)35(48)33(38(2,3)4)41-26-9-7-10-27(18-26)44-14-16-53-17-15-44/h6-11,18,25,28-29,32-33,41H,5,12-17,19-23H2,1-4H3,(H,42,47)(H,43,49)/t25-,28-,32+,33?,39-/m1/s1. The minimum atomic E-state index is -3.86. The number of rotatable bonds is 11. The molecule has 4 fully saturated rings. The molecule has 0 spiro atoms. The Balaban J connectivity index is 1.13. The van der Waals surface area contributed by atoms with Crippen molar-refractivity contribution in [3.63, 3.8) is 0 Å². The Labute approximate surface area is 327 Å². The summed E-state index contributed by atoms with van der Waals surface area (Å²) < 4.78 is 39.3. The molecule has 3 heterocycles. The molecule has 5 aliphatic rings. The first kappa shape index (κ1) is 39.2. The maximum Gasteiger partial charge on any atom is 0.410 e. The quantitative estimate of drug-likeness (QED) is 0.302. The highest BCUT2D eigenvalue weighted by Crippen LogP contribution is 2.47. The number of morpholine rings is 1. The highest BCUT2D eigenvalue weighted by atomic mass is 35.5. The third-order valence-corrected chi connectivity index (χ3v) is 13.7. The molecule has 4 amide bonds. The summed E-state index contributed by atoms with van der Waals surface area (Å²) in [5, 5.41) is 6.28. The number of carbonyl (C=O) groups excluding carboxylic acids is 4. The average molecular weight is 799 g/mol. The number of likely N-dealkylation sites (tertiary alicyclic amines) is 1. The van der Waals surface area contributed by atoms with Crippen molar-refractivity contribution in [3.8, 4) is 0 Å². The lowest BCUT2D eigenvalue weighted by Crippen LogP contribution is -2.58. The molecular formula is C39H51ClN6O8S. The lowest BCUT2D eigenvalue weighted by atomic mass is 9.85. The van der Waals surface area contributed by atoms with Crippen molar-refractivity contribution in [2.45, 2.75) is 102 Å². The number of hydrogen-bond acceptors (Lipinski definition) is 10. The van der Waals surface area contributed by atoms with Crippen molar-refractivity contribution in [3.05, 3.63) is 58.6 Å². The fourth-order valence-electron chi connectivity index (χ4n) is 7.99. The fourth-order valence-corrected chi connectivity index (χ4v) is 9.61. The summed E-state index contributed by atoms with van der Waals surface area (Å²) in [4.78, 5) is 61.5. The molecule has 55 heavy (non-hydrogen) atoms. The minimum Gasteiger partial charge on any atom is -0.444 e. The van der Waals surface area contributed by atoms with Crippen LogP contribution in [-0.2, 0) is 47.0 Å². The van der Waals surface area contributed by atoms with Gasteiger partial charge in [-0.15, -0.1) is 0 Å². The molecule has 2 aliphatic carbocycles. The number of ether oxygens (including phenoxy) is 2. The molecule has 7 rings (SSSR count). The van der Waals surface area contributed by atoms with Crippen LogP contribution in [0.15, 0.2) is 42.5 Å². The lowest BCUT2D eigenvalue weighted by Gasteiger charge is -2.36. The number of sulfonamides is 1. The second-order valence-corrected chi connectivity index (χ2v) is 18.9. The number of hydrogen-bond donors (Lipinski definition) is 3. The van der Waals surface area contributed by atoms with Crippen LogP contribution in [0.2, 0.25) is 5.02 Å². The van der Waals surface area contributed by atoms with E-state index in [0.29, 0.717) is 44.0 Å².